The third-order valence-corrected chi connectivity index (χ3v) is 5.04. The Kier molecular flexibility index (Phi) is 6.42. The molecule has 0 aliphatic rings. The van der Waals surface area contributed by atoms with Crippen LogP contribution in [0.15, 0.2) is 83.8 Å². The van der Waals surface area contributed by atoms with Crippen molar-refractivity contribution in [3.63, 3.8) is 0 Å². The van der Waals surface area contributed by atoms with Gasteiger partial charge in [-0.15, -0.1) is 0 Å². The molecular formula is C24H22ClN3O2. The van der Waals surface area contributed by atoms with Crippen molar-refractivity contribution in [2.75, 3.05) is 6.61 Å². The van der Waals surface area contributed by atoms with Gasteiger partial charge in [0.15, 0.2) is 0 Å². The van der Waals surface area contributed by atoms with E-state index in [1.807, 2.05) is 72.8 Å². The number of nitrogens with one attached hydrogen (secondary N) is 1. The summed E-state index contributed by atoms with van der Waals surface area (Å²) in [7, 11) is 0. The number of ether oxygens (including phenoxy) is 1. The standard InChI is InChI=1S/C24H22ClN3O2/c25-20-10-9-18-14-19(16-26-17-21-6-4-5-11-27-21)24(29)28(23(18)15-20)12-13-30-22-7-2-1-3-8-22/h1-11,14-15,26H,12-13,16-17H2. The molecule has 0 saturated heterocycles. The van der Waals surface area contributed by atoms with Crippen LogP contribution < -0.4 is 15.6 Å². The molecule has 0 unspecified atom stereocenters. The number of pyridine rings is 2. The molecule has 0 amide bonds. The van der Waals surface area contributed by atoms with Crippen LogP contribution in [-0.2, 0) is 19.6 Å². The molecule has 0 radical (unpaired) electrons. The number of rotatable bonds is 8. The van der Waals surface area contributed by atoms with Crippen molar-refractivity contribution in [1.29, 1.82) is 0 Å². The summed E-state index contributed by atoms with van der Waals surface area (Å²) in [5, 5.41) is 4.87. The first kappa shape index (κ1) is 20.1. The average molecular weight is 420 g/mol. The minimum atomic E-state index is -0.0463. The Morgan fingerprint density at radius 1 is 0.967 bits per heavy atom. The Labute approximate surface area is 179 Å². The molecule has 0 aliphatic carbocycles. The van der Waals surface area contributed by atoms with Crippen molar-refractivity contribution < 1.29 is 4.74 Å². The molecule has 2 heterocycles. The van der Waals surface area contributed by atoms with Gasteiger partial charge in [0, 0.05) is 29.9 Å². The lowest BCUT2D eigenvalue weighted by Gasteiger charge is -2.14. The van der Waals surface area contributed by atoms with Gasteiger partial charge in [-0.25, -0.2) is 0 Å². The second-order valence-corrected chi connectivity index (χ2v) is 7.35. The van der Waals surface area contributed by atoms with Crippen LogP contribution in [0.1, 0.15) is 11.3 Å². The fourth-order valence-corrected chi connectivity index (χ4v) is 3.52. The zero-order chi connectivity index (χ0) is 20.8. The van der Waals surface area contributed by atoms with E-state index in [4.69, 9.17) is 16.3 Å². The monoisotopic (exact) mass is 419 g/mol. The van der Waals surface area contributed by atoms with Gasteiger partial charge in [-0.3, -0.25) is 9.78 Å². The predicted octanol–water partition coefficient (Wildman–Crippen LogP) is 4.42. The molecule has 0 fully saturated rings. The van der Waals surface area contributed by atoms with E-state index in [2.05, 4.69) is 10.3 Å². The fourth-order valence-electron chi connectivity index (χ4n) is 3.35. The lowest BCUT2D eigenvalue weighted by molar-refractivity contribution is 0.298. The summed E-state index contributed by atoms with van der Waals surface area (Å²) in [5.41, 5.74) is 2.38. The predicted molar refractivity (Wildman–Crippen MR) is 120 cm³/mol. The fraction of sp³-hybridized carbons (Fsp3) is 0.167. The maximum absolute atomic E-state index is 13.2. The molecule has 6 heteroatoms. The minimum Gasteiger partial charge on any atom is -0.492 e. The molecule has 5 nitrogen and oxygen atoms in total. The van der Waals surface area contributed by atoms with Crippen LogP contribution in [0.5, 0.6) is 5.75 Å². The van der Waals surface area contributed by atoms with Crippen LogP contribution in [0.3, 0.4) is 0 Å². The Balaban J connectivity index is 1.55. The highest BCUT2D eigenvalue weighted by Crippen LogP contribution is 2.19. The molecule has 0 spiro atoms. The summed E-state index contributed by atoms with van der Waals surface area (Å²) in [5.74, 6) is 0.779. The van der Waals surface area contributed by atoms with Gasteiger partial charge < -0.3 is 14.6 Å². The van der Waals surface area contributed by atoms with Crippen LogP contribution in [0, 0.1) is 0 Å². The SMILES string of the molecule is O=c1c(CNCc2ccccn2)cc2ccc(Cl)cc2n1CCOc1ccccc1. The van der Waals surface area contributed by atoms with E-state index in [-0.39, 0.29) is 5.56 Å². The van der Waals surface area contributed by atoms with E-state index in [1.54, 1.807) is 10.8 Å². The van der Waals surface area contributed by atoms with Gasteiger partial charge >= 0.3 is 0 Å². The van der Waals surface area contributed by atoms with Gasteiger partial charge in [-0.1, -0.05) is 41.9 Å². The second-order valence-electron chi connectivity index (χ2n) is 6.92. The van der Waals surface area contributed by atoms with Crippen LogP contribution in [0.4, 0.5) is 0 Å². The van der Waals surface area contributed by atoms with Crippen molar-refractivity contribution in [1.82, 2.24) is 14.9 Å². The van der Waals surface area contributed by atoms with Gasteiger partial charge in [-0.2, -0.15) is 0 Å². The van der Waals surface area contributed by atoms with Crippen molar-refractivity contribution in [2.24, 2.45) is 0 Å². The number of aromatic nitrogens is 2. The topological polar surface area (TPSA) is 56.2 Å². The van der Waals surface area contributed by atoms with E-state index >= 15 is 0 Å². The Morgan fingerprint density at radius 3 is 2.60 bits per heavy atom. The molecule has 0 atom stereocenters. The van der Waals surface area contributed by atoms with E-state index in [9.17, 15) is 4.79 Å². The number of hydrogen-bond acceptors (Lipinski definition) is 4. The quantitative estimate of drug-likeness (QED) is 0.459. The summed E-state index contributed by atoms with van der Waals surface area (Å²) >= 11 is 6.20. The second kappa shape index (κ2) is 9.57. The first-order valence-electron chi connectivity index (χ1n) is 9.81. The molecule has 0 aliphatic heterocycles. The minimum absolute atomic E-state index is 0.0463. The van der Waals surface area contributed by atoms with E-state index < -0.39 is 0 Å². The van der Waals surface area contributed by atoms with Crippen LogP contribution in [-0.4, -0.2) is 16.2 Å². The first-order chi connectivity index (χ1) is 14.7. The number of halogens is 1. The summed E-state index contributed by atoms with van der Waals surface area (Å²) in [6.07, 6.45) is 1.76. The lowest BCUT2D eigenvalue weighted by Crippen LogP contribution is -2.29. The molecule has 4 aromatic rings. The normalized spacial score (nSPS) is 11.0. The number of para-hydroxylation sites is 1. The summed E-state index contributed by atoms with van der Waals surface area (Å²) in [4.78, 5) is 17.5. The smallest absolute Gasteiger partial charge is 0.255 e. The van der Waals surface area contributed by atoms with Crippen molar-refractivity contribution in [2.45, 2.75) is 19.6 Å². The molecule has 4 rings (SSSR count). The van der Waals surface area contributed by atoms with E-state index in [1.165, 1.54) is 0 Å². The molecular weight excluding hydrogens is 398 g/mol. The molecule has 152 valence electrons. The van der Waals surface area contributed by atoms with Gasteiger partial charge in [0.05, 0.1) is 17.8 Å². The molecule has 30 heavy (non-hydrogen) atoms. The molecule has 2 aromatic carbocycles. The van der Waals surface area contributed by atoms with E-state index in [0.717, 1.165) is 22.3 Å². The average Bonchev–Trinajstić information content (AvgIpc) is 2.78. The lowest BCUT2D eigenvalue weighted by atomic mass is 10.1. The molecule has 2 aromatic heterocycles. The maximum atomic E-state index is 13.2. The summed E-state index contributed by atoms with van der Waals surface area (Å²) in [6.45, 7) is 1.86. The highest BCUT2D eigenvalue weighted by molar-refractivity contribution is 6.31. The number of hydrogen-bond donors (Lipinski definition) is 1. The van der Waals surface area contributed by atoms with Crippen molar-refractivity contribution >= 4 is 22.5 Å². The maximum Gasteiger partial charge on any atom is 0.255 e. The Bertz CT molecular complexity index is 1180. The van der Waals surface area contributed by atoms with Crippen molar-refractivity contribution in [3.05, 3.63) is 106 Å². The van der Waals surface area contributed by atoms with Crippen LogP contribution in [0.2, 0.25) is 5.02 Å². The zero-order valence-corrected chi connectivity index (χ0v) is 17.2. The first-order valence-corrected chi connectivity index (χ1v) is 10.2. The molecule has 1 N–H and O–H groups in total. The third-order valence-electron chi connectivity index (χ3n) is 4.81. The zero-order valence-electron chi connectivity index (χ0n) is 16.4. The van der Waals surface area contributed by atoms with Gasteiger partial charge in [0.25, 0.3) is 5.56 Å². The highest BCUT2D eigenvalue weighted by Gasteiger charge is 2.10. The van der Waals surface area contributed by atoms with E-state index in [0.29, 0.717) is 36.8 Å². The third kappa shape index (κ3) is 4.87. The highest BCUT2D eigenvalue weighted by atomic mass is 35.5. The van der Waals surface area contributed by atoms with Crippen LogP contribution in [0.25, 0.3) is 10.9 Å². The molecule has 0 saturated carbocycles. The number of benzene rings is 2. The van der Waals surface area contributed by atoms with Crippen LogP contribution >= 0.6 is 11.6 Å². The summed E-state index contributed by atoms with van der Waals surface area (Å²) in [6, 6.07) is 22.9. The number of nitrogens with zero attached hydrogens (tertiary/aromatic N) is 2. The molecule has 0 bridgehead atoms. The number of fused-ring (bicyclic) bond motifs is 1. The largest absolute Gasteiger partial charge is 0.492 e. The van der Waals surface area contributed by atoms with Crippen molar-refractivity contribution in [3.8, 4) is 5.75 Å². The van der Waals surface area contributed by atoms with Gasteiger partial charge in [0.2, 0.25) is 0 Å². The van der Waals surface area contributed by atoms with Gasteiger partial charge in [0.1, 0.15) is 12.4 Å². The summed E-state index contributed by atoms with van der Waals surface area (Å²) < 4.78 is 7.54. The van der Waals surface area contributed by atoms with Gasteiger partial charge in [-0.05, 0) is 47.9 Å². The Hall–Kier alpha value is -3.15. The Morgan fingerprint density at radius 2 is 1.80 bits per heavy atom.